The van der Waals surface area contributed by atoms with Crippen molar-refractivity contribution < 1.29 is 4.79 Å². The summed E-state index contributed by atoms with van der Waals surface area (Å²) in [6.07, 6.45) is 6.12. The Hall–Kier alpha value is -3.24. The molecular weight excluding hydrogens is 418 g/mol. The lowest BCUT2D eigenvalue weighted by Crippen LogP contribution is -2.52. The molecule has 0 saturated carbocycles. The number of anilines is 3. The summed E-state index contributed by atoms with van der Waals surface area (Å²) in [4.78, 5) is 35.2. The maximum Gasteiger partial charge on any atom is 0.269 e. The van der Waals surface area contributed by atoms with E-state index in [-0.39, 0.29) is 5.91 Å². The summed E-state index contributed by atoms with van der Waals surface area (Å²) in [6.45, 7) is 6.54. The number of hydrogen-bond acceptors (Lipinski definition) is 8. The first-order valence-electron chi connectivity index (χ1n) is 11.6. The molecule has 5 rings (SSSR count). The minimum atomic E-state index is -0.101. The monoisotopic (exact) mass is 449 g/mol. The molecule has 3 N–H and O–H groups in total. The Labute approximate surface area is 193 Å². The number of rotatable bonds is 5. The van der Waals surface area contributed by atoms with E-state index in [1.165, 1.54) is 17.7 Å². The van der Waals surface area contributed by atoms with Gasteiger partial charge in [0.25, 0.3) is 5.91 Å². The van der Waals surface area contributed by atoms with Crippen LogP contribution in [0.1, 0.15) is 23.3 Å². The molecule has 0 atom stereocenters. The molecule has 5 heterocycles. The molecule has 174 valence electrons. The maximum atomic E-state index is 12.2. The fourth-order valence-corrected chi connectivity index (χ4v) is 4.61. The topological polar surface area (TPSA) is 105 Å². The van der Waals surface area contributed by atoms with Crippen molar-refractivity contribution in [2.24, 2.45) is 0 Å². The lowest BCUT2D eigenvalue weighted by molar-refractivity contribution is 0.0823. The van der Waals surface area contributed by atoms with Gasteiger partial charge in [-0.3, -0.25) is 9.69 Å². The highest BCUT2D eigenvalue weighted by Crippen LogP contribution is 2.22. The predicted octanol–water partition coefficient (Wildman–Crippen LogP) is 1.67. The van der Waals surface area contributed by atoms with Crippen LogP contribution in [-0.2, 0) is 0 Å². The lowest BCUT2D eigenvalue weighted by atomic mass is 10.0. The van der Waals surface area contributed by atoms with E-state index in [1.54, 1.807) is 26.4 Å². The number of amides is 1. The average molecular weight is 450 g/mol. The quantitative estimate of drug-likeness (QED) is 0.540. The third-order valence-electron chi connectivity index (χ3n) is 6.50. The molecule has 10 nitrogen and oxygen atoms in total. The van der Waals surface area contributed by atoms with Crippen LogP contribution in [-0.4, -0.2) is 95.0 Å². The molecule has 1 amide bonds. The molecular formula is C23H31N9O. The van der Waals surface area contributed by atoms with E-state index in [1.807, 2.05) is 12.3 Å². The molecule has 33 heavy (non-hydrogen) atoms. The molecule has 2 aliphatic rings. The maximum absolute atomic E-state index is 12.2. The summed E-state index contributed by atoms with van der Waals surface area (Å²) in [7, 11) is 3.44. The first kappa shape index (κ1) is 21.6. The third-order valence-corrected chi connectivity index (χ3v) is 6.50. The summed E-state index contributed by atoms with van der Waals surface area (Å²) in [5, 5.41) is 7.40. The van der Waals surface area contributed by atoms with Gasteiger partial charge in [0.15, 0.2) is 0 Å². The Morgan fingerprint density at radius 2 is 1.88 bits per heavy atom. The Bertz CT molecular complexity index is 1100. The van der Waals surface area contributed by atoms with E-state index in [0.717, 1.165) is 56.4 Å². The van der Waals surface area contributed by atoms with Crippen molar-refractivity contribution in [1.29, 1.82) is 0 Å². The molecule has 0 aliphatic carbocycles. The standard InChI is InChI=1S/C23H31N9O/c1-30(2)22(33)19-13-16-14-26-23(29-21(16)27-19)28-20-4-3-18(15-25-20)32-11-9-31(10-12-32)17-5-7-24-8-6-17/h3-4,13-15,17,24H,5-12H2,1-2H3,(H2,25,26,27,28,29). The van der Waals surface area contributed by atoms with Gasteiger partial charge in [0.05, 0.1) is 11.9 Å². The van der Waals surface area contributed by atoms with Gasteiger partial charge in [-0.05, 0) is 44.1 Å². The number of aromatic nitrogens is 4. The summed E-state index contributed by atoms with van der Waals surface area (Å²) in [6, 6.07) is 6.54. The molecule has 2 fully saturated rings. The minimum Gasteiger partial charge on any atom is -0.368 e. The zero-order valence-electron chi connectivity index (χ0n) is 19.2. The van der Waals surface area contributed by atoms with Gasteiger partial charge in [-0.2, -0.15) is 4.98 Å². The molecule has 0 unspecified atom stereocenters. The second-order valence-electron chi connectivity index (χ2n) is 8.91. The first-order valence-corrected chi connectivity index (χ1v) is 11.6. The smallest absolute Gasteiger partial charge is 0.269 e. The Balaban J connectivity index is 1.20. The Kier molecular flexibility index (Phi) is 6.10. The number of carbonyl (C=O) groups excluding carboxylic acids is 1. The van der Waals surface area contributed by atoms with Crippen molar-refractivity contribution in [3.8, 4) is 0 Å². The van der Waals surface area contributed by atoms with E-state index in [9.17, 15) is 4.79 Å². The molecule has 3 aromatic rings. The number of H-pyrrole nitrogens is 1. The number of aromatic amines is 1. The van der Waals surface area contributed by atoms with E-state index in [0.29, 0.717) is 23.1 Å². The number of fused-ring (bicyclic) bond motifs is 1. The van der Waals surface area contributed by atoms with Crippen LogP contribution in [0.25, 0.3) is 11.0 Å². The van der Waals surface area contributed by atoms with Crippen molar-refractivity contribution in [1.82, 2.24) is 35.1 Å². The normalized spacial score (nSPS) is 17.9. The fourth-order valence-electron chi connectivity index (χ4n) is 4.61. The highest BCUT2D eigenvalue weighted by atomic mass is 16.2. The molecule has 0 spiro atoms. The van der Waals surface area contributed by atoms with Gasteiger partial charge in [-0.25, -0.2) is 9.97 Å². The number of carbonyl (C=O) groups is 1. The number of pyridine rings is 1. The second kappa shape index (κ2) is 9.32. The summed E-state index contributed by atoms with van der Waals surface area (Å²) in [5.41, 5.74) is 2.24. The van der Waals surface area contributed by atoms with Crippen LogP contribution in [0.3, 0.4) is 0 Å². The van der Waals surface area contributed by atoms with Crippen LogP contribution >= 0.6 is 0 Å². The SMILES string of the molecule is CN(C)C(=O)c1cc2cnc(Nc3ccc(N4CCN(C5CCNCC5)CC4)cn3)nc2[nH]1. The van der Waals surface area contributed by atoms with E-state index < -0.39 is 0 Å². The molecule has 10 heteroatoms. The zero-order valence-corrected chi connectivity index (χ0v) is 19.2. The van der Waals surface area contributed by atoms with Crippen molar-refractivity contribution in [3.63, 3.8) is 0 Å². The fraction of sp³-hybridized carbons (Fsp3) is 0.478. The molecule has 0 bridgehead atoms. The van der Waals surface area contributed by atoms with Crippen LogP contribution in [0.5, 0.6) is 0 Å². The minimum absolute atomic E-state index is 0.101. The number of hydrogen-bond donors (Lipinski definition) is 3. The average Bonchev–Trinajstić information content (AvgIpc) is 3.28. The predicted molar refractivity (Wildman–Crippen MR) is 129 cm³/mol. The summed E-state index contributed by atoms with van der Waals surface area (Å²) >= 11 is 0. The van der Waals surface area contributed by atoms with E-state index in [2.05, 4.69) is 46.4 Å². The largest absolute Gasteiger partial charge is 0.368 e. The highest BCUT2D eigenvalue weighted by molar-refractivity contribution is 5.97. The van der Waals surface area contributed by atoms with E-state index >= 15 is 0 Å². The molecule has 0 aromatic carbocycles. The molecule has 2 aliphatic heterocycles. The molecule has 3 aromatic heterocycles. The van der Waals surface area contributed by atoms with Gasteiger partial charge in [0.1, 0.15) is 17.2 Å². The zero-order chi connectivity index (χ0) is 22.8. The number of nitrogens with zero attached hydrogens (tertiary/aromatic N) is 6. The van der Waals surface area contributed by atoms with Gasteiger partial charge in [0, 0.05) is 57.9 Å². The Morgan fingerprint density at radius 1 is 1.09 bits per heavy atom. The molecule has 2 saturated heterocycles. The van der Waals surface area contributed by atoms with Gasteiger partial charge in [-0.15, -0.1) is 0 Å². The summed E-state index contributed by atoms with van der Waals surface area (Å²) < 4.78 is 0. The van der Waals surface area contributed by atoms with Gasteiger partial charge < -0.3 is 25.4 Å². The van der Waals surface area contributed by atoms with Crippen LogP contribution in [0.4, 0.5) is 17.5 Å². The van der Waals surface area contributed by atoms with Crippen LogP contribution in [0.2, 0.25) is 0 Å². The van der Waals surface area contributed by atoms with Crippen molar-refractivity contribution >= 4 is 34.4 Å². The number of nitrogens with one attached hydrogen (secondary N) is 3. The lowest BCUT2D eigenvalue weighted by Gasteiger charge is -2.41. The number of piperidine rings is 1. The van der Waals surface area contributed by atoms with Gasteiger partial charge >= 0.3 is 0 Å². The first-order chi connectivity index (χ1) is 16.1. The second-order valence-corrected chi connectivity index (χ2v) is 8.91. The van der Waals surface area contributed by atoms with Crippen LogP contribution in [0.15, 0.2) is 30.6 Å². The van der Waals surface area contributed by atoms with Gasteiger partial charge in [-0.1, -0.05) is 0 Å². The highest BCUT2D eigenvalue weighted by Gasteiger charge is 2.25. The summed E-state index contributed by atoms with van der Waals surface area (Å²) in [5.74, 6) is 1.02. The third kappa shape index (κ3) is 4.76. The number of piperazine rings is 1. The van der Waals surface area contributed by atoms with Crippen LogP contribution < -0.4 is 15.5 Å². The molecule has 0 radical (unpaired) electrons. The van der Waals surface area contributed by atoms with Gasteiger partial charge in [0.2, 0.25) is 5.95 Å². The van der Waals surface area contributed by atoms with Crippen molar-refractivity contribution in [2.75, 3.05) is 63.6 Å². The van der Waals surface area contributed by atoms with Crippen molar-refractivity contribution in [2.45, 2.75) is 18.9 Å². The van der Waals surface area contributed by atoms with Crippen molar-refractivity contribution in [3.05, 3.63) is 36.3 Å². The Morgan fingerprint density at radius 3 is 2.58 bits per heavy atom. The van der Waals surface area contributed by atoms with E-state index in [4.69, 9.17) is 0 Å². The van der Waals surface area contributed by atoms with Crippen LogP contribution in [0, 0.1) is 0 Å².